The van der Waals surface area contributed by atoms with E-state index in [2.05, 4.69) is 4.98 Å². The van der Waals surface area contributed by atoms with Crippen molar-refractivity contribution >= 4 is 23.3 Å². The van der Waals surface area contributed by atoms with Gasteiger partial charge in [-0.25, -0.2) is 0 Å². The van der Waals surface area contributed by atoms with Gasteiger partial charge in [0.1, 0.15) is 0 Å². The molecule has 0 amide bonds. The van der Waals surface area contributed by atoms with E-state index in [1.54, 1.807) is 0 Å². The Morgan fingerprint density at radius 1 is 1.38 bits per heavy atom. The van der Waals surface area contributed by atoms with Gasteiger partial charge in [0, 0.05) is 19.1 Å². The molecule has 21 heavy (non-hydrogen) atoms. The Morgan fingerprint density at radius 2 is 2.19 bits per heavy atom. The molecule has 0 radical (unpaired) electrons. The number of hydrogen-bond donors (Lipinski definition) is 1. The third-order valence-corrected chi connectivity index (χ3v) is 4.12. The van der Waals surface area contributed by atoms with Gasteiger partial charge in [0.2, 0.25) is 0 Å². The number of ether oxygens (including phenoxy) is 1. The van der Waals surface area contributed by atoms with Crippen LogP contribution in [0.3, 0.4) is 0 Å². The van der Waals surface area contributed by atoms with Crippen molar-refractivity contribution in [1.29, 1.82) is 0 Å². The molecule has 2 aromatic rings. The van der Waals surface area contributed by atoms with Crippen LogP contribution in [0.1, 0.15) is 18.4 Å². The van der Waals surface area contributed by atoms with Gasteiger partial charge in [-0.2, -0.15) is 13.2 Å². The molecule has 1 saturated heterocycles. The number of hydrogen-bond acceptors (Lipinski definition) is 2. The molecule has 0 spiro atoms. The van der Waals surface area contributed by atoms with E-state index in [4.69, 9.17) is 17.0 Å². The molecule has 3 rings (SSSR count). The fourth-order valence-electron chi connectivity index (χ4n) is 2.73. The number of rotatable bonds is 2. The first-order chi connectivity index (χ1) is 9.95. The summed E-state index contributed by atoms with van der Waals surface area (Å²) in [5, 5.41) is 0. The van der Waals surface area contributed by atoms with Crippen molar-refractivity contribution in [2.24, 2.45) is 5.92 Å². The van der Waals surface area contributed by atoms with Crippen LogP contribution in [0.4, 0.5) is 13.2 Å². The Kier molecular flexibility index (Phi) is 3.79. The highest BCUT2D eigenvalue weighted by Crippen LogP contribution is 2.31. The molecule has 3 nitrogen and oxygen atoms in total. The van der Waals surface area contributed by atoms with Crippen LogP contribution in [0.2, 0.25) is 0 Å². The summed E-state index contributed by atoms with van der Waals surface area (Å²) in [7, 11) is 0. The lowest BCUT2D eigenvalue weighted by atomic mass is 10.0. The van der Waals surface area contributed by atoms with Crippen LogP contribution in [0, 0.1) is 10.7 Å². The molecule has 1 fully saturated rings. The van der Waals surface area contributed by atoms with Gasteiger partial charge in [-0.15, -0.1) is 0 Å². The number of fused-ring (bicyclic) bond motifs is 1. The number of imidazole rings is 1. The van der Waals surface area contributed by atoms with Gasteiger partial charge in [-0.3, -0.25) is 0 Å². The zero-order valence-electron chi connectivity index (χ0n) is 11.2. The number of nitrogens with zero attached hydrogens (tertiary/aromatic N) is 1. The number of aromatic nitrogens is 2. The third-order valence-electron chi connectivity index (χ3n) is 3.80. The number of benzene rings is 1. The summed E-state index contributed by atoms with van der Waals surface area (Å²) in [6.07, 6.45) is -2.28. The third kappa shape index (κ3) is 2.98. The first kappa shape index (κ1) is 14.6. The molecule has 1 N–H and O–H groups in total. The minimum absolute atomic E-state index is 0.353. The van der Waals surface area contributed by atoms with E-state index in [9.17, 15) is 13.2 Å². The van der Waals surface area contributed by atoms with Crippen LogP contribution in [0.25, 0.3) is 11.0 Å². The van der Waals surface area contributed by atoms with Crippen molar-refractivity contribution < 1.29 is 17.9 Å². The SMILES string of the molecule is FC(F)(F)c1ccc2c(c1)[nH]c(=S)n2CC1CCCOC1. The van der Waals surface area contributed by atoms with Gasteiger partial charge < -0.3 is 14.3 Å². The van der Waals surface area contributed by atoms with Crippen LogP contribution < -0.4 is 0 Å². The van der Waals surface area contributed by atoms with Crippen molar-refractivity contribution in [3.63, 3.8) is 0 Å². The molecule has 0 saturated carbocycles. The zero-order chi connectivity index (χ0) is 15.0. The number of aromatic amines is 1. The van der Waals surface area contributed by atoms with E-state index in [1.165, 1.54) is 6.07 Å². The molecule has 1 aliphatic rings. The average Bonchev–Trinajstić information content (AvgIpc) is 2.75. The van der Waals surface area contributed by atoms with Gasteiger partial charge in [-0.1, -0.05) is 0 Å². The zero-order valence-corrected chi connectivity index (χ0v) is 12.1. The summed E-state index contributed by atoms with van der Waals surface area (Å²) in [4.78, 5) is 2.87. The minimum Gasteiger partial charge on any atom is -0.381 e. The van der Waals surface area contributed by atoms with E-state index in [-0.39, 0.29) is 0 Å². The molecule has 1 aromatic carbocycles. The lowest BCUT2D eigenvalue weighted by Gasteiger charge is -2.22. The van der Waals surface area contributed by atoms with Gasteiger partial charge in [0.15, 0.2) is 4.77 Å². The molecule has 114 valence electrons. The van der Waals surface area contributed by atoms with Gasteiger partial charge >= 0.3 is 6.18 Å². The second-order valence-electron chi connectivity index (χ2n) is 5.35. The number of alkyl halides is 3. The molecule has 7 heteroatoms. The fourth-order valence-corrected chi connectivity index (χ4v) is 3.01. The largest absolute Gasteiger partial charge is 0.416 e. The molecule has 2 heterocycles. The number of nitrogens with one attached hydrogen (secondary N) is 1. The van der Waals surface area contributed by atoms with E-state index in [1.807, 2.05) is 4.57 Å². The maximum absolute atomic E-state index is 12.7. The number of halogens is 3. The van der Waals surface area contributed by atoms with Crippen LogP contribution in [0.15, 0.2) is 18.2 Å². The second-order valence-corrected chi connectivity index (χ2v) is 5.74. The van der Waals surface area contributed by atoms with Gasteiger partial charge in [0.05, 0.1) is 23.2 Å². The topological polar surface area (TPSA) is 29.9 Å². The first-order valence-corrected chi connectivity index (χ1v) is 7.23. The van der Waals surface area contributed by atoms with Crippen molar-refractivity contribution in [1.82, 2.24) is 9.55 Å². The van der Waals surface area contributed by atoms with Crippen molar-refractivity contribution in [3.05, 3.63) is 28.5 Å². The van der Waals surface area contributed by atoms with Gasteiger partial charge in [-0.05, 0) is 43.3 Å². The molecule has 1 aromatic heterocycles. The summed E-state index contributed by atoms with van der Waals surface area (Å²) in [6.45, 7) is 2.13. The number of H-pyrrole nitrogens is 1. The highest BCUT2D eigenvalue weighted by Gasteiger charge is 2.30. The molecule has 1 unspecified atom stereocenters. The Balaban J connectivity index is 1.95. The summed E-state index contributed by atoms with van der Waals surface area (Å²) in [6, 6.07) is 3.69. The highest BCUT2D eigenvalue weighted by atomic mass is 32.1. The standard InChI is InChI=1S/C14H15F3N2OS/c15-14(16,17)10-3-4-12-11(6-10)18-13(21)19(12)7-9-2-1-5-20-8-9/h3-4,6,9H,1-2,5,7-8H2,(H,18,21). The van der Waals surface area contributed by atoms with E-state index < -0.39 is 11.7 Å². The molecule has 1 aliphatic heterocycles. The molecular weight excluding hydrogens is 301 g/mol. The smallest absolute Gasteiger partial charge is 0.381 e. The summed E-state index contributed by atoms with van der Waals surface area (Å²) >= 11 is 5.24. The molecule has 0 aliphatic carbocycles. The summed E-state index contributed by atoms with van der Waals surface area (Å²) in [5.74, 6) is 0.353. The van der Waals surface area contributed by atoms with Crippen molar-refractivity contribution in [3.8, 4) is 0 Å². The van der Waals surface area contributed by atoms with E-state index in [0.29, 0.717) is 34.9 Å². The van der Waals surface area contributed by atoms with Crippen LogP contribution in [-0.4, -0.2) is 22.8 Å². The van der Waals surface area contributed by atoms with Crippen LogP contribution >= 0.6 is 12.2 Å². The van der Waals surface area contributed by atoms with Crippen molar-refractivity contribution in [2.75, 3.05) is 13.2 Å². The maximum Gasteiger partial charge on any atom is 0.416 e. The Hall–Kier alpha value is -1.34. The summed E-state index contributed by atoms with van der Waals surface area (Å²) in [5.41, 5.74) is 0.463. The Morgan fingerprint density at radius 3 is 2.86 bits per heavy atom. The quantitative estimate of drug-likeness (QED) is 0.844. The van der Waals surface area contributed by atoms with E-state index >= 15 is 0 Å². The predicted molar refractivity (Wildman–Crippen MR) is 75.7 cm³/mol. The van der Waals surface area contributed by atoms with Crippen LogP contribution in [-0.2, 0) is 17.5 Å². The van der Waals surface area contributed by atoms with Gasteiger partial charge in [0.25, 0.3) is 0 Å². The molecule has 0 bridgehead atoms. The molecular formula is C14H15F3N2OS. The van der Waals surface area contributed by atoms with Crippen LogP contribution in [0.5, 0.6) is 0 Å². The van der Waals surface area contributed by atoms with E-state index in [0.717, 1.165) is 31.6 Å². The lowest BCUT2D eigenvalue weighted by Crippen LogP contribution is -2.22. The minimum atomic E-state index is -4.34. The second kappa shape index (κ2) is 5.46. The average molecular weight is 316 g/mol. The normalized spacial score (nSPS) is 20.0. The van der Waals surface area contributed by atoms with Crippen molar-refractivity contribution in [2.45, 2.75) is 25.6 Å². The Labute approximate surface area is 124 Å². The summed E-state index contributed by atoms with van der Waals surface area (Å²) < 4.78 is 46.0. The maximum atomic E-state index is 12.7. The first-order valence-electron chi connectivity index (χ1n) is 6.82. The predicted octanol–water partition coefficient (Wildman–Crippen LogP) is 4.14. The Bertz CT molecular complexity index is 698. The fraction of sp³-hybridized carbons (Fsp3) is 0.500. The molecule has 1 atom stereocenters. The highest BCUT2D eigenvalue weighted by molar-refractivity contribution is 7.71. The lowest BCUT2D eigenvalue weighted by molar-refractivity contribution is -0.137. The monoisotopic (exact) mass is 316 g/mol.